The van der Waals surface area contributed by atoms with Crippen molar-refractivity contribution in [2.24, 2.45) is 5.92 Å². The van der Waals surface area contributed by atoms with Crippen molar-refractivity contribution in [3.8, 4) is 5.88 Å². The van der Waals surface area contributed by atoms with Crippen molar-refractivity contribution in [1.82, 2.24) is 9.97 Å². The number of hydrogen-bond acceptors (Lipinski definition) is 4. The quantitative estimate of drug-likeness (QED) is 0.806. The fraction of sp³-hybridized carbons (Fsp3) is 0.714. The molecule has 4 nitrogen and oxygen atoms in total. The highest BCUT2D eigenvalue weighted by Gasteiger charge is 2.16. The molecule has 1 aromatic rings. The van der Waals surface area contributed by atoms with E-state index in [0.29, 0.717) is 18.4 Å². The van der Waals surface area contributed by atoms with Gasteiger partial charge in [-0.05, 0) is 25.7 Å². The van der Waals surface area contributed by atoms with Crippen LogP contribution in [0.25, 0.3) is 0 Å². The fourth-order valence-corrected chi connectivity index (χ4v) is 2.07. The minimum absolute atomic E-state index is 0.676. The molecule has 0 atom stereocenters. The summed E-state index contributed by atoms with van der Waals surface area (Å²) in [5, 5.41) is 3.30. The van der Waals surface area contributed by atoms with Gasteiger partial charge in [0.05, 0.1) is 6.61 Å². The van der Waals surface area contributed by atoms with Crippen molar-refractivity contribution < 1.29 is 4.74 Å². The number of nitrogens with one attached hydrogen (secondary N) is 1. The zero-order chi connectivity index (χ0) is 12.8. The summed E-state index contributed by atoms with van der Waals surface area (Å²) in [6, 6.07) is 1.88. The van der Waals surface area contributed by atoms with Gasteiger partial charge < -0.3 is 10.1 Å². The third kappa shape index (κ3) is 3.86. The Morgan fingerprint density at radius 2 is 2.22 bits per heavy atom. The normalized spacial score (nSPS) is 15.2. The van der Waals surface area contributed by atoms with Gasteiger partial charge in [0.2, 0.25) is 11.8 Å². The molecule has 0 bridgehead atoms. The van der Waals surface area contributed by atoms with E-state index >= 15 is 0 Å². The summed E-state index contributed by atoms with van der Waals surface area (Å²) in [5.74, 6) is 2.29. The van der Waals surface area contributed by atoms with Crippen molar-refractivity contribution in [2.75, 3.05) is 18.5 Å². The van der Waals surface area contributed by atoms with Gasteiger partial charge in [-0.15, -0.1) is 0 Å². The number of aryl methyl sites for hydroxylation is 1. The summed E-state index contributed by atoms with van der Waals surface area (Å²) in [5.41, 5.74) is 0.947. The van der Waals surface area contributed by atoms with Crippen LogP contribution in [0.3, 0.4) is 0 Å². The van der Waals surface area contributed by atoms with Crippen molar-refractivity contribution in [2.45, 2.75) is 46.0 Å². The van der Waals surface area contributed by atoms with Crippen LogP contribution in [0.4, 0.5) is 5.95 Å². The van der Waals surface area contributed by atoms with E-state index < -0.39 is 0 Å². The number of aromatic nitrogens is 2. The lowest BCUT2D eigenvalue weighted by Crippen LogP contribution is -2.16. The Hall–Kier alpha value is -1.32. The number of anilines is 1. The van der Waals surface area contributed by atoms with Crippen LogP contribution in [0.1, 0.15) is 44.7 Å². The van der Waals surface area contributed by atoms with Gasteiger partial charge in [0.1, 0.15) is 0 Å². The van der Waals surface area contributed by atoms with E-state index in [-0.39, 0.29) is 0 Å². The van der Waals surface area contributed by atoms with Gasteiger partial charge in [-0.1, -0.05) is 26.2 Å². The Labute approximate surface area is 109 Å². The van der Waals surface area contributed by atoms with Crippen molar-refractivity contribution in [3.63, 3.8) is 0 Å². The average molecular weight is 249 g/mol. The fourth-order valence-electron chi connectivity index (χ4n) is 2.07. The SMILES string of the molecule is CCCOc1cc(C)nc(NCCC2CCC2)n1. The first kappa shape index (κ1) is 13.1. The van der Waals surface area contributed by atoms with Gasteiger partial charge in [-0.3, -0.25) is 0 Å². The molecule has 0 unspecified atom stereocenters. The molecule has 1 heterocycles. The minimum atomic E-state index is 0.676. The first-order valence-corrected chi connectivity index (χ1v) is 7.00. The Kier molecular flexibility index (Phi) is 4.79. The number of nitrogens with zero attached hydrogens (tertiary/aromatic N) is 2. The molecule has 100 valence electrons. The third-order valence-corrected chi connectivity index (χ3v) is 3.35. The van der Waals surface area contributed by atoms with Crippen LogP contribution < -0.4 is 10.1 Å². The smallest absolute Gasteiger partial charge is 0.226 e. The second-order valence-corrected chi connectivity index (χ2v) is 5.03. The van der Waals surface area contributed by atoms with Gasteiger partial charge in [0, 0.05) is 18.3 Å². The summed E-state index contributed by atoms with van der Waals surface area (Å²) in [6.07, 6.45) is 6.40. The van der Waals surface area contributed by atoms with Crippen LogP contribution in [0.2, 0.25) is 0 Å². The summed E-state index contributed by atoms with van der Waals surface area (Å²) < 4.78 is 5.55. The molecule has 1 aliphatic carbocycles. The van der Waals surface area contributed by atoms with E-state index in [9.17, 15) is 0 Å². The molecular weight excluding hydrogens is 226 g/mol. The first-order valence-electron chi connectivity index (χ1n) is 7.00. The predicted octanol–water partition coefficient (Wildman–Crippen LogP) is 3.18. The van der Waals surface area contributed by atoms with Gasteiger partial charge in [-0.2, -0.15) is 4.98 Å². The monoisotopic (exact) mass is 249 g/mol. The molecular formula is C14H23N3O. The van der Waals surface area contributed by atoms with Gasteiger partial charge in [0.25, 0.3) is 0 Å². The average Bonchev–Trinajstić information content (AvgIpc) is 2.29. The van der Waals surface area contributed by atoms with E-state index in [1.54, 1.807) is 0 Å². The zero-order valence-corrected chi connectivity index (χ0v) is 11.4. The second kappa shape index (κ2) is 6.57. The highest BCUT2D eigenvalue weighted by molar-refractivity contribution is 5.30. The first-order chi connectivity index (χ1) is 8.78. The van der Waals surface area contributed by atoms with E-state index in [1.165, 1.54) is 25.7 Å². The standard InChI is InChI=1S/C14H23N3O/c1-3-9-18-13-10-11(2)16-14(17-13)15-8-7-12-5-4-6-12/h10,12H,3-9H2,1-2H3,(H,15,16,17). The lowest BCUT2D eigenvalue weighted by atomic mass is 9.83. The van der Waals surface area contributed by atoms with Crippen LogP contribution in [0.15, 0.2) is 6.07 Å². The van der Waals surface area contributed by atoms with E-state index in [2.05, 4.69) is 22.2 Å². The van der Waals surface area contributed by atoms with Gasteiger partial charge >= 0.3 is 0 Å². The molecule has 0 saturated heterocycles. The largest absolute Gasteiger partial charge is 0.478 e. The Bertz CT molecular complexity index is 377. The van der Waals surface area contributed by atoms with Crippen LogP contribution in [0, 0.1) is 12.8 Å². The highest BCUT2D eigenvalue weighted by Crippen LogP contribution is 2.29. The van der Waals surface area contributed by atoms with Crippen molar-refractivity contribution >= 4 is 5.95 Å². The summed E-state index contributed by atoms with van der Waals surface area (Å²) in [7, 11) is 0. The number of rotatable bonds is 7. The maximum atomic E-state index is 5.55. The Morgan fingerprint density at radius 3 is 2.89 bits per heavy atom. The molecule has 0 spiro atoms. The molecule has 1 N–H and O–H groups in total. The Morgan fingerprint density at radius 1 is 1.39 bits per heavy atom. The van der Waals surface area contributed by atoms with Crippen LogP contribution in [0.5, 0.6) is 5.88 Å². The molecule has 1 aliphatic rings. The minimum Gasteiger partial charge on any atom is -0.478 e. The van der Waals surface area contributed by atoms with Crippen LogP contribution in [-0.4, -0.2) is 23.1 Å². The second-order valence-electron chi connectivity index (χ2n) is 5.03. The third-order valence-electron chi connectivity index (χ3n) is 3.35. The van der Waals surface area contributed by atoms with Crippen molar-refractivity contribution in [3.05, 3.63) is 11.8 Å². The van der Waals surface area contributed by atoms with E-state index in [1.807, 2.05) is 13.0 Å². The molecule has 1 saturated carbocycles. The summed E-state index contributed by atoms with van der Waals surface area (Å²) in [4.78, 5) is 8.75. The van der Waals surface area contributed by atoms with Crippen molar-refractivity contribution in [1.29, 1.82) is 0 Å². The molecule has 1 aromatic heterocycles. The molecule has 18 heavy (non-hydrogen) atoms. The molecule has 0 aliphatic heterocycles. The topological polar surface area (TPSA) is 47.0 Å². The molecule has 1 fully saturated rings. The lowest BCUT2D eigenvalue weighted by molar-refractivity contribution is 0.301. The number of hydrogen-bond donors (Lipinski definition) is 1. The highest BCUT2D eigenvalue weighted by atomic mass is 16.5. The van der Waals surface area contributed by atoms with Crippen LogP contribution >= 0.6 is 0 Å². The van der Waals surface area contributed by atoms with E-state index in [4.69, 9.17) is 4.74 Å². The summed E-state index contributed by atoms with van der Waals surface area (Å²) >= 11 is 0. The van der Waals surface area contributed by atoms with Gasteiger partial charge in [0.15, 0.2) is 0 Å². The van der Waals surface area contributed by atoms with Crippen LogP contribution in [-0.2, 0) is 0 Å². The molecule has 2 rings (SSSR count). The maximum Gasteiger partial charge on any atom is 0.226 e. The number of ether oxygens (including phenoxy) is 1. The molecule has 0 amide bonds. The molecule has 0 radical (unpaired) electrons. The molecule has 0 aromatic carbocycles. The zero-order valence-electron chi connectivity index (χ0n) is 11.4. The Balaban J connectivity index is 1.83. The predicted molar refractivity (Wildman–Crippen MR) is 73.0 cm³/mol. The van der Waals surface area contributed by atoms with E-state index in [0.717, 1.165) is 24.6 Å². The van der Waals surface area contributed by atoms with Gasteiger partial charge in [-0.25, -0.2) is 4.98 Å². The lowest BCUT2D eigenvalue weighted by Gasteiger charge is -2.25. The summed E-state index contributed by atoms with van der Waals surface area (Å²) in [6.45, 7) is 5.72. The maximum absolute atomic E-state index is 5.55. The molecule has 4 heteroatoms.